The van der Waals surface area contributed by atoms with Gasteiger partial charge in [0.25, 0.3) is 0 Å². The molecular formula is C34H46O11. The van der Waals surface area contributed by atoms with E-state index >= 15 is 0 Å². The molecule has 3 aliphatic carbocycles. The van der Waals surface area contributed by atoms with Crippen LogP contribution in [0.3, 0.4) is 0 Å². The summed E-state index contributed by atoms with van der Waals surface area (Å²) in [6, 6.07) is 8.34. The topological polar surface area (TPSA) is 158 Å². The Hall–Kier alpha value is -2.83. The Labute approximate surface area is 263 Å². The molecule has 1 aliphatic heterocycles. The lowest BCUT2D eigenvalue weighted by molar-refractivity contribution is -0.371. The monoisotopic (exact) mass is 630 g/mol. The molecule has 2 bridgehead atoms. The first-order valence-corrected chi connectivity index (χ1v) is 15.5. The highest BCUT2D eigenvalue weighted by molar-refractivity contribution is 5.89. The first-order valence-electron chi connectivity index (χ1n) is 15.5. The van der Waals surface area contributed by atoms with Crippen molar-refractivity contribution < 1.29 is 53.4 Å². The van der Waals surface area contributed by atoms with Gasteiger partial charge in [-0.1, -0.05) is 39.0 Å². The van der Waals surface area contributed by atoms with E-state index in [0.29, 0.717) is 11.1 Å². The van der Waals surface area contributed by atoms with Crippen molar-refractivity contribution in [2.45, 2.75) is 122 Å². The van der Waals surface area contributed by atoms with Gasteiger partial charge < -0.3 is 39.0 Å². The van der Waals surface area contributed by atoms with Crippen LogP contribution in [0.15, 0.2) is 41.5 Å². The van der Waals surface area contributed by atoms with E-state index in [-0.39, 0.29) is 31.4 Å². The third kappa shape index (κ3) is 5.40. The maximum Gasteiger partial charge on any atom is 0.338 e. The molecule has 11 heteroatoms. The molecule has 1 aromatic rings. The number of esters is 3. The van der Waals surface area contributed by atoms with Gasteiger partial charge in [-0.2, -0.15) is 0 Å². The fraction of sp³-hybridized carbons (Fsp3) is 0.676. The molecule has 45 heavy (non-hydrogen) atoms. The Morgan fingerprint density at radius 2 is 1.64 bits per heavy atom. The second-order valence-corrected chi connectivity index (χ2v) is 14.5. The number of aliphatic hydroxyl groups excluding tert-OH is 1. The summed E-state index contributed by atoms with van der Waals surface area (Å²) >= 11 is 0. The van der Waals surface area contributed by atoms with E-state index < -0.39 is 82.2 Å². The van der Waals surface area contributed by atoms with Crippen LogP contribution in [0.5, 0.6) is 0 Å². The Kier molecular flexibility index (Phi) is 8.31. The van der Waals surface area contributed by atoms with Crippen LogP contribution in [-0.4, -0.2) is 87.3 Å². The van der Waals surface area contributed by atoms with E-state index in [1.54, 1.807) is 51.1 Å². The predicted molar refractivity (Wildman–Crippen MR) is 159 cm³/mol. The Morgan fingerprint density at radius 1 is 1.00 bits per heavy atom. The Bertz CT molecular complexity index is 1380. The highest BCUT2D eigenvalue weighted by atomic mass is 16.6. The predicted octanol–water partition coefficient (Wildman–Crippen LogP) is 3.23. The Balaban J connectivity index is 1.83. The number of aliphatic hydroxyl groups is 3. The zero-order valence-corrected chi connectivity index (χ0v) is 27.3. The maximum atomic E-state index is 13.9. The third-order valence-electron chi connectivity index (χ3n) is 10.7. The summed E-state index contributed by atoms with van der Waals surface area (Å²) in [7, 11) is 0. The fourth-order valence-corrected chi connectivity index (χ4v) is 8.70. The second kappa shape index (κ2) is 11.2. The van der Waals surface area contributed by atoms with Gasteiger partial charge in [0.15, 0.2) is 11.4 Å². The second-order valence-electron chi connectivity index (χ2n) is 14.5. The molecule has 248 valence electrons. The van der Waals surface area contributed by atoms with E-state index in [0.717, 1.165) is 0 Å². The minimum Gasteiger partial charge on any atom is -0.458 e. The first kappa shape index (κ1) is 33.5. The number of benzene rings is 1. The van der Waals surface area contributed by atoms with Crippen LogP contribution in [0.2, 0.25) is 0 Å². The van der Waals surface area contributed by atoms with Gasteiger partial charge in [-0.25, -0.2) is 4.79 Å². The lowest BCUT2D eigenvalue weighted by atomic mass is 9.45. The van der Waals surface area contributed by atoms with Crippen LogP contribution in [0.25, 0.3) is 0 Å². The molecule has 11 nitrogen and oxygen atoms in total. The van der Waals surface area contributed by atoms with E-state index in [4.69, 9.17) is 23.7 Å². The van der Waals surface area contributed by atoms with Crippen molar-refractivity contribution >= 4 is 17.9 Å². The van der Waals surface area contributed by atoms with Gasteiger partial charge in [0.05, 0.1) is 30.3 Å². The molecule has 4 aliphatic rings. The number of hydrogen-bond acceptors (Lipinski definition) is 11. The third-order valence-corrected chi connectivity index (χ3v) is 10.7. The number of ether oxygens (including phenoxy) is 5. The van der Waals surface area contributed by atoms with Gasteiger partial charge in [-0.3, -0.25) is 9.59 Å². The summed E-state index contributed by atoms with van der Waals surface area (Å²) in [5.74, 6) is -4.49. The summed E-state index contributed by atoms with van der Waals surface area (Å²) in [5.41, 5.74) is -4.45. The molecule has 3 fully saturated rings. The van der Waals surface area contributed by atoms with Gasteiger partial charge in [0.1, 0.15) is 23.9 Å². The normalized spacial score (nSPS) is 38.8. The SMILES string of the molecule is CC(=O)O[C@H]1C[C@]2(C)[C@@H](OC(C)(C)O)C[C@H]3OC[C@@]3(OC(C)=O)[C@H]2[C@H](OC(=O)c2ccccc2)[C@]2(O)C[C@H](O)C(C)=C1C2(C)C. The van der Waals surface area contributed by atoms with Crippen LogP contribution in [0, 0.1) is 16.7 Å². The summed E-state index contributed by atoms with van der Waals surface area (Å²) in [6.45, 7) is 12.7. The van der Waals surface area contributed by atoms with Crippen LogP contribution < -0.4 is 0 Å². The van der Waals surface area contributed by atoms with Crippen LogP contribution in [0.4, 0.5) is 0 Å². The quantitative estimate of drug-likeness (QED) is 0.183. The molecule has 0 aromatic heterocycles. The van der Waals surface area contributed by atoms with Crippen molar-refractivity contribution in [3.63, 3.8) is 0 Å². The molecule has 0 amide bonds. The number of carbonyl (C=O) groups excluding carboxylic acids is 3. The Morgan fingerprint density at radius 3 is 2.18 bits per heavy atom. The average molecular weight is 631 g/mol. The molecule has 9 atom stereocenters. The summed E-state index contributed by atoms with van der Waals surface area (Å²) in [6.07, 6.45) is -4.98. The average Bonchev–Trinajstić information content (AvgIpc) is 2.90. The van der Waals surface area contributed by atoms with Crippen molar-refractivity contribution in [1.29, 1.82) is 0 Å². The van der Waals surface area contributed by atoms with Crippen LogP contribution >= 0.6 is 0 Å². The molecule has 0 spiro atoms. The molecule has 5 rings (SSSR count). The standard InChI is InChI=1S/C34H46O11/c1-18-22(37)15-34(40)28(43-29(38)21-12-10-9-11-13-21)27-32(8,16-23(42-19(2)35)26(18)30(34,4)5)24(45-31(6,7)39)14-25-33(27,17-41-25)44-20(3)36/h9-13,22-25,27-28,37,39-40H,14-17H2,1-8H3/t22-,23-,24-,25+,27-,28-,32+,33-,34+/m0/s1. The minimum atomic E-state index is -1.97. The number of carbonyl (C=O) groups is 3. The van der Waals surface area contributed by atoms with Gasteiger partial charge in [-0.05, 0) is 50.5 Å². The van der Waals surface area contributed by atoms with Gasteiger partial charge in [-0.15, -0.1) is 0 Å². The first-order chi connectivity index (χ1) is 20.8. The molecule has 1 aromatic carbocycles. The smallest absolute Gasteiger partial charge is 0.338 e. The number of fused-ring (bicyclic) bond motifs is 5. The highest BCUT2D eigenvalue weighted by Crippen LogP contribution is 2.65. The van der Waals surface area contributed by atoms with E-state index in [1.807, 2.05) is 6.92 Å². The number of rotatable bonds is 6. The lowest BCUT2D eigenvalue weighted by Crippen LogP contribution is -2.80. The molecule has 0 unspecified atom stereocenters. The van der Waals surface area contributed by atoms with E-state index in [9.17, 15) is 29.7 Å². The largest absolute Gasteiger partial charge is 0.458 e. The van der Waals surface area contributed by atoms with E-state index in [1.165, 1.54) is 27.7 Å². The molecule has 0 radical (unpaired) electrons. The molecule has 1 saturated heterocycles. The zero-order chi connectivity index (χ0) is 33.3. The fourth-order valence-electron chi connectivity index (χ4n) is 8.70. The number of hydrogen-bond donors (Lipinski definition) is 3. The van der Waals surface area contributed by atoms with Crippen LogP contribution in [0.1, 0.15) is 85.0 Å². The molecule has 2 saturated carbocycles. The summed E-state index contributed by atoms with van der Waals surface area (Å²) in [5, 5.41) is 35.5. The summed E-state index contributed by atoms with van der Waals surface area (Å²) in [4.78, 5) is 39.3. The highest BCUT2D eigenvalue weighted by Gasteiger charge is 2.76. The lowest BCUT2D eigenvalue weighted by Gasteiger charge is -2.68. The van der Waals surface area contributed by atoms with Crippen molar-refractivity contribution in [2.75, 3.05) is 6.61 Å². The summed E-state index contributed by atoms with van der Waals surface area (Å²) < 4.78 is 30.9. The maximum absolute atomic E-state index is 13.9. The van der Waals surface area contributed by atoms with Gasteiger partial charge >= 0.3 is 17.9 Å². The van der Waals surface area contributed by atoms with Gasteiger partial charge in [0.2, 0.25) is 0 Å². The van der Waals surface area contributed by atoms with Crippen molar-refractivity contribution in [1.82, 2.24) is 0 Å². The minimum absolute atomic E-state index is 0.0504. The zero-order valence-electron chi connectivity index (χ0n) is 27.3. The van der Waals surface area contributed by atoms with Crippen LogP contribution in [-0.2, 0) is 33.3 Å². The van der Waals surface area contributed by atoms with Crippen molar-refractivity contribution in [3.05, 3.63) is 47.0 Å². The molecule has 1 heterocycles. The van der Waals surface area contributed by atoms with Gasteiger partial charge in [0, 0.05) is 37.5 Å². The van der Waals surface area contributed by atoms with Crippen molar-refractivity contribution in [2.24, 2.45) is 16.7 Å². The molecule has 3 N–H and O–H groups in total. The molecular weight excluding hydrogens is 584 g/mol. The van der Waals surface area contributed by atoms with Crippen molar-refractivity contribution in [3.8, 4) is 0 Å². The van der Waals surface area contributed by atoms with E-state index in [2.05, 4.69) is 0 Å².